The van der Waals surface area contributed by atoms with Crippen LogP contribution in [0, 0.1) is 0 Å². The predicted octanol–water partition coefficient (Wildman–Crippen LogP) is 3.06. The smallest absolute Gasteiger partial charge is 0.241 e. The van der Waals surface area contributed by atoms with Crippen LogP contribution in [0.4, 0.5) is 0 Å². The van der Waals surface area contributed by atoms with Crippen molar-refractivity contribution in [2.45, 2.75) is 31.3 Å². The van der Waals surface area contributed by atoms with Crippen LogP contribution in [-0.2, 0) is 21.4 Å². The van der Waals surface area contributed by atoms with E-state index < -0.39 is 16.1 Å². The average molecular weight is 411 g/mol. The summed E-state index contributed by atoms with van der Waals surface area (Å²) in [7, 11) is -2.18. The maximum absolute atomic E-state index is 12.5. The number of rotatable bonds is 8. The molecule has 2 rings (SSSR count). The highest BCUT2D eigenvalue weighted by molar-refractivity contribution is 7.89. The summed E-state index contributed by atoms with van der Waals surface area (Å²) in [5.41, 5.74) is 0.919. The van der Waals surface area contributed by atoms with E-state index in [1.165, 1.54) is 36.1 Å². The van der Waals surface area contributed by atoms with Gasteiger partial charge in [-0.15, -0.1) is 0 Å². The van der Waals surface area contributed by atoms with Crippen molar-refractivity contribution >= 4 is 27.5 Å². The van der Waals surface area contributed by atoms with Crippen molar-refractivity contribution in [3.05, 3.63) is 59.1 Å². The number of hydrogen-bond acceptors (Lipinski definition) is 4. The van der Waals surface area contributed by atoms with Crippen molar-refractivity contribution in [1.82, 2.24) is 9.62 Å². The molecule has 0 spiro atoms. The van der Waals surface area contributed by atoms with Crippen LogP contribution in [0.3, 0.4) is 0 Å². The van der Waals surface area contributed by atoms with Crippen molar-refractivity contribution < 1.29 is 17.9 Å². The van der Waals surface area contributed by atoms with Crippen LogP contribution in [0.1, 0.15) is 19.4 Å². The maximum atomic E-state index is 12.5. The van der Waals surface area contributed by atoms with E-state index in [4.69, 9.17) is 16.3 Å². The summed E-state index contributed by atoms with van der Waals surface area (Å²) >= 11 is 5.78. The van der Waals surface area contributed by atoms with Gasteiger partial charge < -0.3 is 9.64 Å². The second-order valence-corrected chi connectivity index (χ2v) is 8.22. The zero-order valence-electron chi connectivity index (χ0n) is 15.5. The number of carbonyl (C=O) groups is 1. The number of nitrogens with one attached hydrogen (secondary N) is 1. The van der Waals surface area contributed by atoms with E-state index in [-0.39, 0.29) is 10.8 Å². The first-order valence-corrected chi connectivity index (χ1v) is 10.3. The first kappa shape index (κ1) is 21.2. The number of benzene rings is 2. The number of nitrogens with zero attached hydrogens (tertiary/aromatic N) is 1. The molecule has 1 N–H and O–H groups in total. The molecule has 0 aliphatic heterocycles. The summed E-state index contributed by atoms with van der Waals surface area (Å²) in [6.07, 6.45) is 0. The number of amides is 1. The first-order valence-electron chi connectivity index (χ1n) is 8.47. The minimum Gasteiger partial charge on any atom is -0.494 e. The van der Waals surface area contributed by atoms with E-state index in [1.54, 1.807) is 7.05 Å². The summed E-state index contributed by atoms with van der Waals surface area (Å²) in [5.74, 6) is 0.431. The van der Waals surface area contributed by atoms with E-state index in [0.29, 0.717) is 18.2 Å². The van der Waals surface area contributed by atoms with Crippen molar-refractivity contribution in [2.24, 2.45) is 0 Å². The second kappa shape index (κ2) is 9.21. The monoisotopic (exact) mass is 410 g/mol. The lowest BCUT2D eigenvalue weighted by atomic mass is 10.2. The normalized spacial score (nSPS) is 12.4. The molecule has 0 aliphatic carbocycles. The SMILES string of the molecule is CCOc1ccc(CN(C)C(=O)C(C)NS(=O)(=O)c2ccc(Cl)cc2)cc1. The Hall–Kier alpha value is -2.09. The molecule has 1 unspecified atom stereocenters. The molecule has 0 heterocycles. The minimum atomic E-state index is -3.81. The Morgan fingerprint density at radius 1 is 1.15 bits per heavy atom. The number of ether oxygens (including phenoxy) is 1. The summed E-state index contributed by atoms with van der Waals surface area (Å²) in [4.78, 5) is 14.1. The standard InChI is InChI=1S/C19H23ClN2O4S/c1-4-26-17-9-5-15(6-10-17)13-22(3)19(23)14(2)21-27(24,25)18-11-7-16(20)8-12-18/h5-12,14,21H,4,13H2,1-3H3. The molecule has 2 aromatic carbocycles. The molecular weight excluding hydrogens is 388 g/mol. The van der Waals surface area contributed by atoms with Crippen LogP contribution in [0.5, 0.6) is 5.75 Å². The number of halogens is 1. The number of carbonyl (C=O) groups excluding carboxylic acids is 1. The van der Waals surface area contributed by atoms with Gasteiger partial charge in [0, 0.05) is 18.6 Å². The number of likely N-dealkylation sites (N-methyl/N-ethyl adjacent to an activating group) is 1. The van der Waals surface area contributed by atoms with Crippen molar-refractivity contribution in [1.29, 1.82) is 0 Å². The van der Waals surface area contributed by atoms with E-state index in [1.807, 2.05) is 31.2 Å². The molecule has 6 nitrogen and oxygen atoms in total. The molecule has 1 atom stereocenters. The van der Waals surface area contributed by atoms with Gasteiger partial charge in [-0.1, -0.05) is 23.7 Å². The third-order valence-corrected chi connectivity index (χ3v) is 5.67. The molecule has 0 fully saturated rings. The van der Waals surface area contributed by atoms with E-state index >= 15 is 0 Å². The molecule has 8 heteroatoms. The molecule has 0 radical (unpaired) electrons. The van der Waals surface area contributed by atoms with Gasteiger partial charge in [0.25, 0.3) is 0 Å². The lowest BCUT2D eigenvalue weighted by molar-refractivity contribution is -0.131. The van der Waals surface area contributed by atoms with Crippen molar-refractivity contribution in [3.63, 3.8) is 0 Å². The molecule has 1 amide bonds. The Morgan fingerprint density at radius 2 is 1.74 bits per heavy atom. The molecule has 0 bridgehead atoms. The molecule has 27 heavy (non-hydrogen) atoms. The predicted molar refractivity (Wildman–Crippen MR) is 105 cm³/mol. The number of hydrogen-bond donors (Lipinski definition) is 1. The topological polar surface area (TPSA) is 75.7 Å². The molecular formula is C19H23ClN2O4S. The highest BCUT2D eigenvalue weighted by Crippen LogP contribution is 2.16. The van der Waals surface area contributed by atoms with Crippen molar-refractivity contribution in [3.8, 4) is 5.75 Å². The minimum absolute atomic E-state index is 0.0562. The Labute approximate surface area is 165 Å². The fourth-order valence-electron chi connectivity index (χ4n) is 2.51. The highest BCUT2D eigenvalue weighted by Gasteiger charge is 2.24. The van der Waals surface area contributed by atoms with E-state index in [9.17, 15) is 13.2 Å². The van der Waals surface area contributed by atoms with Gasteiger partial charge in [0.1, 0.15) is 5.75 Å². The zero-order valence-corrected chi connectivity index (χ0v) is 17.0. The fraction of sp³-hybridized carbons (Fsp3) is 0.316. The van der Waals surface area contributed by atoms with Crippen LogP contribution in [0.15, 0.2) is 53.4 Å². The van der Waals surface area contributed by atoms with Crippen LogP contribution < -0.4 is 9.46 Å². The zero-order chi connectivity index (χ0) is 20.0. The van der Waals surface area contributed by atoms with E-state index in [2.05, 4.69) is 4.72 Å². The summed E-state index contributed by atoms with van der Waals surface area (Å²) in [6, 6.07) is 12.3. The molecule has 146 valence electrons. The molecule has 0 aromatic heterocycles. The quantitative estimate of drug-likeness (QED) is 0.725. The van der Waals surface area contributed by atoms with Gasteiger partial charge in [0.15, 0.2) is 0 Å². The van der Waals surface area contributed by atoms with E-state index in [0.717, 1.165) is 11.3 Å². The van der Waals surface area contributed by atoms with Crippen LogP contribution in [-0.4, -0.2) is 38.9 Å². The van der Waals surface area contributed by atoms with Gasteiger partial charge in [-0.05, 0) is 55.8 Å². The lowest BCUT2D eigenvalue weighted by Gasteiger charge is -2.22. The third-order valence-electron chi connectivity index (χ3n) is 3.86. The summed E-state index contributed by atoms with van der Waals surface area (Å²) in [6.45, 7) is 4.37. The largest absolute Gasteiger partial charge is 0.494 e. The van der Waals surface area contributed by atoms with Crippen molar-refractivity contribution in [2.75, 3.05) is 13.7 Å². The maximum Gasteiger partial charge on any atom is 0.241 e. The molecule has 0 saturated heterocycles. The van der Waals surface area contributed by atoms with Gasteiger partial charge >= 0.3 is 0 Å². The van der Waals surface area contributed by atoms with Gasteiger partial charge in [-0.3, -0.25) is 4.79 Å². The Balaban J connectivity index is 1.99. The summed E-state index contributed by atoms with van der Waals surface area (Å²) < 4.78 is 32.6. The fourth-order valence-corrected chi connectivity index (χ4v) is 3.83. The van der Waals surface area contributed by atoms with Gasteiger partial charge in [0.05, 0.1) is 17.5 Å². The molecule has 0 aliphatic rings. The highest BCUT2D eigenvalue weighted by atomic mass is 35.5. The lowest BCUT2D eigenvalue weighted by Crippen LogP contribution is -2.45. The molecule has 0 saturated carbocycles. The van der Waals surface area contributed by atoms with Crippen LogP contribution >= 0.6 is 11.6 Å². The molecule has 2 aromatic rings. The number of sulfonamides is 1. The van der Waals surface area contributed by atoms with Gasteiger partial charge in [-0.2, -0.15) is 4.72 Å². The Bertz CT molecular complexity index is 868. The van der Waals surface area contributed by atoms with Gasteiger partial charge in [0.2, 0.25) is 15.9 Å². The Morgan fingerprint density at radius 3 is 2.30 bits per heavy atom. The van der Waals surface area contributed by atoms with Gasteiger partial charge in [-0.25, -0.2) is 8.42 Å². The van der Waals surface area contributed by atoms with Crippen LogP contribution in [0.2, 0.25) is 5.02 Å². The third kappa shape index (κ3) is 5.95. The summed E-state index contributed by atoms with van der Waals surface area (Å²) in [5, 5.41) is 0.438. The average Bonchev–Trinajstić information content (AvgIpc) is 2.63. The first-order chi connectivity index (χ1) is 12.7. The Kier molecular flexibility index (Phi) is 7.24. The van der Waals surface area contributed by atoms with Crippen LogP contribution in [0.25, 0.3) is 0 Å². The second-order valence-electron chi connectivity index (χ2n) is 6.07.